The number of nitrogens with zero attached hydrogens (tertiary/aromatic N) is 2. The van der Waals surface area contributed by atoms with Crippen LogP contribution in [0.3, 0.4) is 0 Å². The third kappa shape index (κ3) is 1.55. The van der Waals surface area contributed by atoms with Crippen molar-refractivity contribution in [2.45, 2.75) is 19.4 Å². The summed E-state index contributed by atoms with van der Waals surface area (Å²) in [5.74, 6) is 0. The smallest absolute Gasteiger partial charge is 0.348 e. The van der Waals surface area contributed by atoms with Crippen LogP contribution >= 0.6 is 0 Å². The van der Waals surface area contributed by atoms with Gasteiger partial charge >= 0.3 is 6.02 Å². The van der Waals surface area contributed by atoms with Gasteiger partial charge in [0.05, 0.1) is 12.6 Å². The van der Waals surface area contributed by atoms with E-state index < -0.39 is 11.4 Å². The number of aliphatic imine (C=N–C) groups is 1. The van der Waals surface area contributed by atoms with Crippen LogP contribution in [-0.4, -0.2) is 24.0 Å². The monoisotopic (exact) mass is 150 g/mol. The maximum atomic E-state index is 11.7. The van der Waals surface area contributed by atoms with Crippen LogP contribution in [0.4, 0.5) is 8.96 Å². The van der Waals surface area contributed by atoms with E-state index in [1.807, 2.05) is 0 Å². The zero-order valence-electron chi connectivity index (χ0n) is 5.55. The van der Waals surface area contributed by atoms with Gasteiger partial charge in [0.1, 0.15) is 0 Å². The van der Waals surface area contributed by atoms with E-state index in [1.54, 1.807) is 6.92 Å². The molecule has 1 atom stereocenters. The molecule has 0 aliphatic carbocycles. The number of amidine groups is 1. The van der Waals surface area contributed by atoms with Gasteiger partial charge in [0.2, 0.25) is 0 Å². The minimum atomic E-state index is -1.10. The van der Waals surface area contributed by atoms with Crippen LogP contribution in [0.5, 0.6) is 0 Å². The zero-order valence-corrected chi connectivity index (χ0v) is 5.55. The minimum absolute atomic E-state index is 0.0576. The molecule has 0 amide bonds. The molecular formula is C5H8F2N2O. The Morgan fingerprint density at radius 1 is 1.70 bits per heavy atom. The van der Waals surface area contributed by atoms with Gasteiger partial charge < -0.3 is 4.74 Å². The molecule has 0 N–H and O–H groups in total. The minimum Gasteiger partial charge on any atom is -0.462 e. The predicted octanol–water partition coefficient (Wildman–Crippen LogP) is 1.22. The first-order chi connectivity index (χ1) is 4.70. The number of rotatable bonds is 0. The van der Waals surface area contributed by atoms with Gasteiger partial charge in [0.15, 0.2) is 0 Å². The molecule has 1 unspecified atom stereocenters. The van der Waals surface area contributed by atoms with E-state index in [0.717, 1.165) is 0 Å². The van der Waals surface area contributed by atoms with E-state index in [0.29, 0.717) is 13.0 Å². The number of halogens is 2. The molecule has 0 saturated carbocycles. The summed E-state index contributed by atoms with van der Waals surface area (Å²) in [7, 11) is 0. The fourth-order valence-electron chi connectivity index (χ4n) is 0.704. The van der Waals surface area contributed by atoms with Crippen molar-refractivity contribution < 1.29 is 13.7 Å². The Hall–Kier alpha value is -0.870. The normalized spacial score (nSPS) is 25.1. The van der Waals surface area contributed by atoms with Gasteiger partial charge in [-0.3, -0.25) is 0 Å². The first kappa shape index (κ1) is 7.24. The van der Waals surface area contributed by atoms with Crippen LogP contribution in [0, 0.1) is 0 Å². The second kappa shape index (κ2) is 2.81. The summed E-state index contributed by atoms with van der Waals surface area (Å²) in [5.41, 5.74) is 0. The predicted molar refractivity (Wildman–Crippen MR) is 31.5 cm³/mol. The Bertz CT molecular complexity index is 149. The van der Waals surface area contributed by atoms with E-state index in [4.69, 9.17) is 0 Å². The summed E-state index contributed by atoms with van der Waals surface area (Å²) in [4.78, 5) is 3.55. The first-order valence-electron chi connectivity index (χ1n) is 3.02. The molecule has 0 spiro atoms. The largest absolute Gasteiger partial charge is 0.462 e. The quantitative estimate of drug-likeness (QED) is 0.485. The topological polar surface area (TPSA) is 24.8 Å². The Labute approximate surface area is 57.2 Å². The van der Waals surface area contributed by atoms with Crippen molar-refractivity contribution in [3.63, 3.8) is 0 Å². The summed E-state index contributed by atoms with van der Waals surface area (Å²) < 4.78 is 27.9. The highest BCUT2D eigenvalue weighted by atomic mass is 19.4. The molecule has 0 saturated heterocycles. The van der Waals surface area contributed by atoms with Crippen molar-refractivity contribution in [3.8, 4) is 0 Å². The van der Waals surface area contributed by atoms with Crippen LogP contribution < -0.4 is 0 Å². The molecular weight excluding hydrogens is 142 g/mol. The average molecular weight is 150 g/mol. The number of hydrogen-bond acceptors (Lipinski definition) is 3. The molecule has 1 aliphatic heterocycles. The molecule has 0 aromatic rings. The maximum Gasteiger partial charge on any atom is 0.348 e. The molecule has 1 rings (SSSR count). The van der Waals surface area contributed by atoms with Gasteiger partial charge in [-0.25, -0.2) is 4.99 Å². The average Bonchev–Trinajstić information content (AvgIpc) is 1.88. The van der Waals surface area contributed by atoms with E-state index in [9.17, 15) is 8.96 Å². The van der Waals surface area contributed by atoms with E-state index in [1.165, 1.54) is 0 Å². The summed E-state index contributed by atoms with van der Waals surface area (Å²) in [6, 6.07) is -0.628. The van der Waals surface area contributed by atoms with Crippen molar-refractivity contribution in [2.24, 2.45) is 4.99 Å². The van der Waals surface area contributed by atoms with Crippen LogP contribution in [0.1, 0.15) is 13.3 Å². The molecule has 1 aliphatic rings. The van der Waals surface area contributed by atoms with E-state index in [-0.39, 0.29) is 6.04 Å². The van der Waals surface area contributed by atoms with E-state index in [2.05, 4.69) is 9.73 Å². The lowest BCUT2D eigenvalue weighted by Gasteiger charge is -2.17. The van der Waals surface area contributed by atoms with Gasteiger partial charge in [0, 0.05) is 11.8 Å². The standard InChI is InChI=1S/C5H8F2N2O/c1-4-2-3-10-5(8-4)9(6)7/h4H,2-3H2,1H3. The molecule has 0 aromatic carbocycles. The third-order valence-electron chi connectivity index (χ3n) is 1.24. The van der Waals surface area contributed by atoms with E-state index >= 15 is 0 Å². The van der Waals surface area contributed by atoms with Crippen molar-refractivity contribution in [1.29, 1.82) is 0 Å². The molecule has 0 fully saturated rings. The molecule has 1 heterocycles. The van der Waals surface area contributed by atoms with Crippen LogP contribution in [0.25, 0.3) is 0 Å². The van der Waals surface area contributed by atoms with Crippen LogP contribution in [0.2, 0.25) is 0 Å². The fraction of sp³-hybridized carbons (Fsp3) is 0.800. The summed E-state index contributed by atoms with van der Waals surface area (Å²) >= 11 is 0. The van der Waals surface area contributed by atoms with Crippen molar-refractivity contribution in [3.05, 3.63) is 0 Å². The van der Waals surface area contributed by atoms with Crippen molar-refractivity contribution in [1.82, 2.24) is 5.34 Å². The Balaban J connectivity index is 2.57. The highest BCUT2D eigenvalue weighted by Crippen LogP contribution is 2.08. The molecule has 3 nitrogen and oxygen atoms in total. The van der Waals surface area contributed by atoms with Crippen molar-refractivity contribution in [2.75, 3.05) is 6.61 Å². The SMILES string of the molecule is CC1CCOC(N(F)F)=N1. The van der Waals surface area contributed by atoms with Gasteiger partial charge in [-0.2, -0.15) is 0 Å². The van der Waals surface area contributed by atoms with Gasteiger partial charge in [0.25, 0.3) is 0 Å². The lowest BCUT2D eigenvalue weighted by Crippen LogP contribution is -2.26. The summed E-state index contributed by atoms with van der Waals surface area (Å²) in [6.45, 7) is 2.09. The Morgan fingerprint density at radius 2 is 2.40 bits per heavy atom. The molecule has 58 valence electrons. The highest BCUT2D eigenvalue weighted by Gasteiger charge is 2.17. The third-order valence-corrected chi connectivity index (χ3v) is 1.24. The zero-order chi connectivity index (χ0) is 7.56. The lowest BCUT2D eigenvalue weighted by molar-refractivity contribution is -0.101. The lowest BCUT2D eigenvalue weighted by atomic mass is 10.2. The number of hydrogen-bond donors (Lipinski definition) is 0. The Morgan fingerprint density at radius 3 is 2.80 bits per heavy atom. The fourth-order valence-corrected chi connectivity index (χ4v) is 0.704. The summed E-state index contributed by atoms with van der Waals surface area (Å²) in [5, 5.41) is -1.10. The Kier molecular flexibility index (Phi) is 2.03. The second-order valence-corrected chi connectivity index (χ2v) is 2.13. The van der Waals surface area contributed by atoms with Gasteiger partial charge in [-0.15, -0.1) is 0 Å². The molecule has 0 bridgehead atoms. The maximum absolute atomic E-state index is 11.7. The van der Waals surface area contributed by atoms with Crippen molar-refractivity contribution >= 4 is 6.02 Å². The second-order valence-electron chi connectivity index (χ2n) is 2.13. The molecule has 5 heteroatoms. The van der Waals surface area contributed by atoms with Gasteiger partial charge in [-0.05, 0) is 6.92 Å². The highest BCUT2D eigenvalue weighted by molar-refractivity contribution is 5.72. The first-order valence-corrected chi connectivity index (χ1v) is 3.02. The molecule has 10 heavy (non-hydrogen) atoms. The summed E-state index contributed by atoms with van der Waals surface area (Å²) in [6.07, 6.45) is 0.706. The molecule has 0 radical (unpaired) electrons. The molecule has 0 aromatic heterocycles. The van der Waals surface area contributed by atoms with Crippen LogP contribution in [-0.2, 0) is 4.74 Å². The van der Waals surface area contributed by atoms with Gasteiger partial charge in [-0.1, -0.05) is 8.96 Å². The number of ether oxygens (including phenoxy) is 1. The van der Waals surface area contributed by atoms with Crippen LogP contribution in [0.15, 0.2) is 4.99 Å².